The minimum absolute atomic E-state index is 0.426. The average Bonchev–Trinajstić information content (AvgIpc) is 2.26. The molecule has 1 heterocycles. The van der Waals surface area contributed by atoms with Crippen LogP contribution in [0, 0.1) is 6.92 Å². The van der Waals surface area contributed by atoms with Crippen molar-refractivity contribution in [1.29, 1.82) is 0 Å². The van der Waals surface area contributed by atoms with Crippen LogP contribution in [0.5, 0.6) is 0 Å². The zero-order valence-corrected chi connectivity index (χ0v) is 9.79. The summed E-state index contributed by atoms with van der Waals surface area (Å²) in [5, 5.41) is 3.46. The van der Waals surface area contributed by atoms with E-state index in [1.807, 2.05) is 18.5 Å². The summed E-state index contributed by atoms with van der Waals surface area (Å²) in [5.74, 6) is 0. The molecule has 84 valence electrons. The summed E-state index contributed by atoms with van der Waals surface area (Å²) in [6, 6.07) is 2.46. The van der Waals surface area contributed by atoms with Crippen LogP contribution >= 0.6 is 0 Å². The number of nitrogens with zero attached hydrogens (tertiary/aromatic N) is 1. The minimum atomic E-state index is 0.426. The Morgan fingerprint density at radius 2 is 2.33 bits per heavy atom. The van der Waals surface area contributed by atoms with E-state index < -0.39 is 0 Å². The lowest BCUT2D eigenvalue weighted by Gasteiger charge is -2.16. The van der Waals surface area contributed by atoms with Crippen molar-refractivity contribution in [3.05, 3.63) is 29.6 Å². The van der Waals surface area contributed by atoms with Gasteiger partial charge in [-0.05, 0) is 30.5 Å². The molecule has 3 heteroatoms. The lowest BCUT2D eigenvalue weighted by Crippen LogP contribution is -2.32. The molecule has 1 aromatic rings. The van der Waals surface area contributed by atoms with Crippen molar-refractivity contribution in [2.24, 2.45) is 0 Å². The number of pyridine rings is 1. The number of nitrogens with one attached hydrogen (secondary N) is 1. The van der Waals surface area contributed by atoms with Gasteiger partial charge in [0.2, 0.25) is 0 Å². The Kier molecular flexibility index (Phi) is 5.29. The van der Waals surface area contributed by atoms with Crippen molar-refractivity contribution in [2.75, 3.05) is 13.7 Å². The van der Waals surface area contributed by atoms with Gasteiger partial charge in [0, 0.05) is 32.1 Å². The lowest BCUT2D eigenvalue weighted by atomic mass is 10.1. The number of hydrogen-bond donors (Lipinski definition) is 1. The van der Waals surface area contributed by atoms with Crippen LogP contribution in [0.4, 0.5) is 0 Å². The van der Waals surface area contributed by atoms with Gasteiger partial charge in [-0.15, -0.1) is 0 Å². The second-order valence-electron chi connectivity index (χ2n) is 3.74. The number of ether oxygens (including phenoxy) is 1. The van der Waals surface area contributed by atoms with Crippen molar-refractivity contribution >= 4 is 0 Å². The van der Waals surface area contributed by atoms with Gasteiger partial charge in [0.15, 0.2) is 0 Å². The Bertz CT molecular complexity index is 289. The highest BCUT2D eigenvalue weighted by Gasteiger charge is 2.05. The summed E-state index contributed by atoms with van der Waals surface area (Å²) in [6.45, 7) is 5.89. The Morgan fingerprint density at radius 1 is 1.53 bits per heavy atom. The molecule has 0 saturated carbocycles. The van der Waals surface area contributed by atoms with E-state index in [1.165, 1.54) is 11.1 Å². The molecule has 0 aromatic carbocycles. The first-order valence-corrected chi connectivity index (χ1v) is 5.39. The first-order chi connectivity index (χ1) is 7.27. The van der Waals surface area contributed by atoms with E-state index in [0.717, 1.165) is 19.6 Å². The summed E-state index contributed by atoms with van der Waals surface area (Å²) in [6.07, 6.45) is 4.82. The van der Waals surface area contributed by atoms with E-state index >= 15 is 0 Å². The Hall–Kier alpha value is -0.930. The predicted molar refractivity (Wildman–Crippen MR) is 61.8 cm³/mol. The normalized spacial score (nSPS) is 12.7. The molecular formula is C12H20N2O. The van der Waals surface area contributed by atoms with Gasteiger partial charge >= 0.3 is 0 Å². The molecule has 0 aliphatic heterocycles. The highest BCUT2D eigenvalue weighted by atomic mass is 16.5. The molecule has 1 rings (SSSR count). The fourth-order valence-corrected chi connectivity index (χ4v) is 1.46. The van der Waals surface area contributed by atoms with E-state index in [-0.39, 0.29) is 0 Å². The van der Waals surface area contributed by atoms with Gasteiger partial charge in [0.1, 0.15) is 0 Å². The van der Waals surface area contributed by atoms with E-state index in [4.69, 9.17) is 4.74 Å². The molecule has 15 heavy (non-hydrogen) atoms. The van der Waals surface area contributed by atoms with Crippen molar-refractivity contribution in [2.45, 2.75) is 32.9 Å². The van der Waals surface area contributed by atoms with Gasteiger partial charge in [-0.25, -0.2) is 0 Å². The minimum Gasteiger partial charge on any atom is -0.383 e. The molecule has 1 N–H and O–H groups in total. The number of aryl methyl sites for hydroxylation is 1. The van der Waals surface area contributed by atoms with Gasteiger partial charge < -0.3 is 10.1 Å². The van der Waals surface area contributed by atoms with E-state index in [0.29, 0.717) is 6.04 Å². The third-order valence-electron chi connectivity index (χ3n) is 2.59. The fraction of sp³-hybridized carbons (Fsp3) is 0.583. The van der Waals surface area contributed by atoms with Crippen molar-refractivity contribution in [1.82, 2.24) is 10.3 Å². The van der Waals surface area contributed by atoms with Crippen LogP contribution in [0.25, 0.3) is 0 Å². The van der Waals surface area contributed by atoms with Gasteiger partial charge in [-0.3, -0.25) is 4.98 Å². The Labute approximate surface area is 91.9 Å². The summed E-state index contributed by atoms with van der Waals surface area (Å²) < 4.78 is 5.14. The van der Waals surface area contributed by atoms with Gasteiger partial charge in [0.05, 0.1) is 6.61 Å². The maximum atomic E-state index is 5.14. The molecule has 0 fully saturated rings. The molecule has 1 atom stereocenters. The fourth-order valence-electron chi connectivity index (χ4n) is 1.46. The number of aromatic nitrogens is 1. The summed E-state index contributed by atoms with van der Waals surface area (Å²) >= 11 is 0. The predicted octanol–water partition coefficient (Wildman–Crippen LogP) is 1.90. The summed E-state index contributed by atoms with van der Waals surface area (Å²) in [7, 11) is 1.74. The molecule has 1 unspecified atom stereocenters. The zero-order valence-electron chi connectivity index (χ0n) is 9.79. The molecule has 0 amide bonds. The quantitative estimate of drug-likeness (QED) is 0.775. The van der Waals surface area contributed by atoms with E-state index in [1.54, 1.807) is 7.11 Å². The van der Waals surface area contributed by atoms with Crippen molar-refractivity contribution in [3.63, 3.8) is 0 Å². The first kappa shape index (κ1) is 12.1. The van der Waals surface area contributed by atoms with Gasteiger partial charge in [-0.2, -0.15) is 0 Å². The van der Waals surface area contributed by atoms with Crippen LogP contribution in [0.3, 0.4) is 0 Å². The lowest BCUT2D eigenvalue weighted by molar-refractivity contribution is 0.164. The van der Waals surface area contributed by atoms with Crippen LogP contribution in [0.1, 0.15) is 24.5 Å². The van der Waals surface area contributed by atoms with Crippen LogP contribution in [-0.4, -0.2) is 24.7 Å². The first-order valence-electron chi connectivity index (χ1n) is 5.39. The molecule has 1 aromatic heterocycles. The average molecular weight is 208 g/mol. The van der Waals surface area contributed by atoms with Crippen LogP contribution in [0.15, 0.2) is 18.5 Å². The number of hydrogen-bond acceptors (Lipinski definition) is 3. The summed E-state index contributed by atoms with van der Waals surface area (Å²) in [4.78, 5) is 4.12. The smallest absolute Gasteiger partial charge is 0.0615 e. The Balaban J connectivity index is 2.45. The van der Waals surface area contributed by atoms with Crippen molar-refractivity contribution < 1.29 is 4.74 Å². The maximum Gasteiger partial charge on any atom is 0.0615 e. The van der Waals surface area contributed by atoms with Crippen molar-refractivity contribution in [3.8, 4) is 0 Å². The molecule has 0 saturated heterocycles. The standard InChI is InChI=1S/C12H20N2O/c1-4-12(9-15-3)14-8-11-7-13-6-5-10(11)2/h5-7,12,14H,4,8-9H2,1-3H3. The molecule has 0 spiro atoms. The zero-order chi connectivity index (χ0) is 11.1. The molecule has 0 bridgehead atoms. The van der Waals surface area contributed by atoms with Crippen LogP contribution in [0.2, 0.25) is 0 Å². The number of rotatable bonds is 6. The van der Waals surface area contributed by atoms with Gasteiger partial charge in [-0.1, -0.05) is 6.92 Å². The molecule has 0 radical (unpaired) electrons. The molecule has 3 nitrogen and oxygen atoms in total. The maximum absolute atomic E-state index is 5.14. The van der Waals surface area contributed by atoms with Crippen LogP contribution < -0.4 is 5.32 Å². The second kappa shape index (κ2) is 6.53. The summed E-state index contributed by atoms with van der Waals surface area (Å²) in [5.41, 5.74) is 2.54. The SMILES string of the molecule is CCC(COC)NCc1cnccc1C. The number of methoxy groups -OCH3 is 1. The van der Waals surface area contributed by atoms with Gasteiger partial charge in [0.25, 0.3) is 0 Å². The Morgan fingerprint density at radius 3 is 2.93 bits per heavy atom. The molecule has 0 aliphatic rings. The monoisotopic (exact) mass is 208 g/mol. The largest absolute Gasteiger partial charge is 0.383 e. The van der Waals surface area contributed by atoms with E-state index in [2.05, 4.69) is 24.1 Å². The third kappa shape index (κ3) is 3.98. The molecular weight excluding hydrogens is 188 g/mol. The molecule has 0 aliphatic carbocycles. The highest BCUT2D eigenvalue weighted by Crippen LogP contribution is 2.05. The van der Waals surface area contributed by atoms with Crippen LogP contribution in [-0.2, 0) is 11.3 Å². The third-order valence-corrected chi connectivity index (χ3v) is 2.59. The highest BCUT2D eigenvalue weighted by molar-refractivity contribution is 5.21. The second-order valence-corrected chi connectivity index (χ2v) is 3.74. The van der Waals surface area contributed by atoms with E-state index in [9.17, 15) is 0 Å². The topological polar surface area (TPSA) is 34.1 Å².